The minimum Gasteiger partial charge on any atom is -0.497 e. The third-order valence-electron chi connectivity index (χ3n) is 5.37. The molecule has 0 bridgehead atoms. The monoisotopic (exact) mass is 394 g/mol. The molecule has 0 saturated carbocycles. The lowest BCUT2D eigenvalue weighted by Gasteiger charge is -2.19. The fourth-order valence-corrected chi connectivity index (χ4v) is 3.58. The van der Waals surface area contributed by atoms with E-state index in [0.717, 1.165) is 37.4 Å². The van der Waals surface area contributed by atoms with Gasteiger partial charge in [-0.3, -0.25) is 9.79 Å². The lowest BCUT2D eigenvalue weighted by atomic mass is 9.98. The number of guanidine groups is 1. The van der Waals surface area contributed by atoms with Crippen LogP contribution in [0.3, 0.4) is 0 Å². The van der Waals surface area contributed by atoms with Crippen LogP contribution in [0.15, 0.2) is 53.5 Å². The molecule has 2 aromatic carbocycles. The Balaban J connectivity index is 1.43. The van der Waals surface area contributed by atoms with Crippen LogP contribution in [-0.2, 0) is 11.2 Å². The lowest BCUT2D eigenvalue weighted by Crippen LogP contribution is -2.44. The van der Waals surface area contributed by atoms with Crippen molar-refractivity contribution in [2.45, 2.75) is 25.7 Å². The summed E-state index contributed by atoms with van der Waals surface area (Å²) >= 11 is 0. The van der Waals surface area contributed by atoms with Gasteiger partial charge in [-0.05, 0) is 48.1 Å². The van der Waals surface area contributed by atoms with Crippen LogP contribution in [0.4, 0.5) is 5.69 Å². The average Bonchev–Trinajstić information content (AvgIpc) is 3.20. The number of hydrogen-bond donors (Lipinski definition) is 2. The molecular formula is C23H30N4O2. The van der Waals surface area contributed by atoms with Crippen LogP contribution in [0.5, 0.6) is 5.75 Å². The molecule has 1 amide bonds. The number of carbonyl (C=O) groups excluding carboxylic acids is 1. The van der Waals surface area contributed by atoms with Crippen LogP contribution in [0.25, 0.3) is 0 Å². The molecule has 154 valence electrons. The predicted molar refractivity (Wildman–Crippen MR) is 118 cm³/mol. The summed E-state index contributed by atoms with van der Waals surface area (Å²) < 4.78 is 5.21. The predicted octanol–water partition coefficient (Wildman–Crippen LogP) is 2.94. The minimum absolute atomic E-state index is 0.0597. The topological polar surface area (TPSA) is 66.0 Å². The SMILES string of the molecule is CN=C(NCCC(C)c1ccc(OC)cc1)NCC(=O)N1CCc2ccccc21. The van der Waals surface area contributed by atoms with Crippen LogP contribution < -0.4 is 20.3 Å². The molecule has 2 aromatic rings. The van der Waals surface area contributed by atoms with E-state index in [9.17, 15) is 4.79 Å². The first-order valence-electron chi connectivity index (χ1n) is 10.1. The molecule has 2 N–H and O–H groups in total. The van der Waals surface area contributed by atoms with Crippen molar-refractivity contribution in [2.75, 3.05) is 38.7 Å². The average molecular weight is 395 g/mol. The van der Waals surface area contributed by atoms with E-state index in [4.69, 9.17) is 4.74 Å². The van der Waals surface area contributed by atoms with Gasteiger partial charge in [0.15, 0.2) is 5.96 Å². The Kier molecular flexibility index (Phi) is 7.11. The molecule has 0 aromatic heterocycles. The van der Waals surface area contributed by atoms with Crippen molar-refractivity contribution in [3.8, 4) is 5.75 Å². The number of aliphatic imine (C=N–C) groups is 1. The standard InChI is InChI=1S/C23H30N4O2/c1-17(18-8-10-20(29-3)11-9-18)12-14-25-23(24-2)26-16-22(28)27-15-13-19-6-4-5-7-21(19)27/h4-11,17H,12-16H2,1-3H3,(H2,24,25,26). The Morgan fingerprint density at radius 2 is 1.93 bits per heavy atom. The van der Waals surface area contributed by atoms with E-state index >= 15 is 0 Å². The van der Waals surface area contributed by atoms with Crippen LogP contribution in [0.1, 0.15) is 30.4 Å². The van der Waals surface area contributed by atoms with Crippen molar-refractivity contribution in [1.29, 1.82) is 0 Å². The minimum atomic E-state index is 0.0597. The highest BCUT2D eigenvalue weighted by molar-refractivity contribution is 5.98. The van der Waals surface area contributed by atoms with Gasteiger partial charge in [-0.15, -0.1) is 0 Å². The van der Waals surface area contributed by atoms with Crippen LogP contribution in [0.2, 0.25) is 0 Å². The Morgan fingerprint density at radius 1 is 1.17 bits per heavy atom. The van der Waals surface area contributed by atoms with Gasteiger partial charge in [-0.2, -0.15) is 0 Å². The van der Waals surface area contributed by atoms with Crippen molar-refractivity contribution >= 4 is 17.6 Å². The number of nitrogens with one attached hydrogen (secondary N) is 2. The summed E-state index contributed by atoms with van der Waals surface area (Å²) in [7, 11) is 3.39. The van der Waals surface area contributed by atoms with Gasteiger partial charge in [0.25, 0.3) is 0 Å². The number of para-hydroxylation sites is 1. The maximum absolute atomic E-state index is 12.6. The van der Waals surface area contributed by atoms with Gasteiger partial charge in [0.05, 0.1) is 13.7 Å². The Hall–Kier alpha value is -3.02. The fraction of sp³-hybridized carbons (Fsp3) is 0.391. The van der Waals surface area contributed by atoms with Gasteiger partial charge >= 0.3 is 0 Å². The summed E-state index contributed by atoms with van der Waals surface area (Å²) in [5.74, 6) is 1.99. The molecule has 1 aliphatic rings. The van der Waals surface area contributed by atoms with Gasteiger partial charge in [0.2, 0.25) is 5.91 Å². The van der Waals surface area contributed by atoms with E-state index in [-0.39, 0.29) is 12.5 Å². The van der Waals surface area contributed by atoms with E-state index in [1.165, 1.54) is 11.1 Å². The fourth-order valence-electron chi connectivity index (χ4n) is 3.58. The van der Waals surface area contributed by atoms with E-state index in [0.29, 0.717) is 11.9 Å². The first-order valence-corrected chi connectivity index (χ1v) is 10.1. The highest BCUT2D eigenvalue weighted by atomic mass is 16.5. The van der Waals surface area contributed by atoms with Crippen molar-refractivity contribution in [2.24, 2.45) is 4.99 Å². The van der Waals surface area contributed by atoms with E-state index in [1.807, 2.05) is 35.2 Å². The summed E-state index contributed by atoms with van der Waals surface area (Å²) in [5.41, 5.74) is 3.53. The summed E-state index contributed by atoms with van der Waals surface area (Å²) in [5, 5.41) is 6.44. The molecule has 0 fully saturated rings. The Labute approximate surface area is 173 Å². The quantitative estimate of drug-likeness (QED) is 0.560. The number of hydrogen-bond acceptors (Lipinski definition) is 3. The number of amides is 1. The first-order chi connectivity index (χ1) is 14.1. The molecule has 0 spiro atoms. The maximum atomic E-state index is 12.6. The van der Waals surface area contributed by atoms with Crippen LogP contribution >= 0.6 is 0 Å². The number of methoxy groups -OCH3 is 1. The van der Waals surface area contributed by atoms with Crippen molar-refractivity contribution in [1.82, 2.24) is 10.6 Å². The summed E-state index contributed by atoms with van der Waals surface area (Å²) in [6.07, 6.45) is 1.87. The Morgan fingerprint density at radius 3 is 2.66 bits per heavy atom. The lowest BCUT2D eigenvalue weighted by molar-refractivity contribution is -0.117. The number of anilines is 1. The van der Waals surface area contributed by atoms with Gasteiger partial charge < -0.3 is 20.3 Å². The molecule has 6 nitrogen and oxygen atoms in total. The number of rotatable bonds is 7. The van der Waals surface area contributed by atoms with Crippen LogP contribution in [-0.4, -0.2) is 45.7 Å². The molecule has 1 atom stereocenters. The van der Waals surface area contributed by atoms with Gasteiger partial charge in [0.1, 0.15) is 5.75 Å². The first kappa shape index (κ1) is 20.7. The second-order valence-corrected chi connectivity index (χ2v) is 7.24. The highest BCUT2D eigenvalue weighted by Gasteiger charge is 2.23. The van der Waals surface area contributed by atoms with Gasteiger partial charge in [-0.1, -0.05) is 37.3 Å². The molecule has 0 aliphatic carbocycles. The number of fused-ring (bicyclic) bond motifs is 1. The normalized spacial score (nSPS) is 14.3. The number of carbonyl (C=O) groups is 1. The third kappa shape index (κ3) is 5.28. The largest absolute Gasteiger partial charge is 0.497 e. The molecule has 3 rings (SSSR count). The van der Waals surface area contributed by atoms with E-state index < -0.39 is 0 Å². The molecule has 29 heavy (non-hydrogen) atoms. The molecule has 1 heterocycles. The molecule has 6 heteroatoms. The van der Waals surface area contributed by atoms with Crippen molar-refractivity contribution < 1.29 is 9.53 Å². The second kappa shape index (κ2) is 9.96. The van der Waals surface area contributed by atoms with Gasteiger partial charge in [0, 0.05) is 25.8 Å². The molecule has 1 aliphatic heterocycles. The number of nitrogens with zero attached hydrogens (tertiary/aromatic N) is 2. The summed E-state index contributed by atoms with van der Waals surface area (Å²) in [6, 6.07) is 16.3. The smallest absolute Gasteiger partial charge is 0.246 e. The zero-order valence-corrected chi connectivity index (χ0v) is 17.4. The highest BCUT2D eigenvalue weighted by Crippen LogP contribution is 2.27. The third-order valence-corrected chi connectivity index (χ3v) is 5.37. The van der Waals surface area contributed by atoms with Crippen LogP contribution in [0, 0.1) is 0 Å². The summed E-state index contributed by atoms with van der Waals surface area (Å²) in [4.78, 5) is 18.7. The number of benzene rings is 2. The van der Waals surface area contributed by atoms with E-state index in [1.54, 1.807) is 14.2 Å². The molecule has 0 saturated heterocycles. The zero-order valence-electron chi connectivity index (χ0n) is 17.4. The second-order valence-electron chi connectivity index (χ2n) is 7.24. The number of ether oxygens (including phenoxy) is 1. The van der Waals surface area contributed by atoms with E-state index in [2.05, 4.69) is 40.7 Å². The Bertz CT molecular complexity index is 848. The van der Waals surface area contributed by atoms with Gasteiger partial charge in [-0.25, -0.2) is 0 Å². The molecule has 1 unspecified atom stereocenters. The van der Waals surface area contributed by atoms with Crippen molar-refractivity contribution in [3.63, 3.8) is 0 Å². The summed E-state index contributed by atoms with van der Waals surface area (Å²) in [6.45, 7) is 3.94. The maximum Gasteiger partial charge on any atom is 0.246 e. The zero-order chi connectivity index (χ0) is 20.6. The molecular weight excluding hydrogens is 364 g/mol. The molecule has 0 radical (unpaired) electrons. The van der Waals surface area contributed by atoms with Crippen molar-refractivity contribution in [3.05, 3.63) is 59.7 Å².